The molecule has 3 aromatic rings. The number of hydrogen-bond acceptors (Lipinski definition) is 9. The van der Waals surface area contributed by atoms with E-state index in [1.165, 1.54) is 17.3 Å². The number of hydrogen-bond donors (Lipinski definition) is 2. The van der Waals surface area contributed by atoms with Gasteiger partial charge in [0.1, 0.15) is 16.6 Å². The number of benzene rings is 2. The van der Waals surface area contributed by atoms with Crippen LogP contribution in [-0.2, 0) is 5.41 Å². The van der Waals surface area contributed by atoms with Gasteiger partial charge >= 0.3 is 0 Å². The van der Waals surface area contributed by atoms with Gasteiger partial charge in [0.2, 0.25) is 17.5 Å². The Morgan fingerprint density at radius 3 is 2.18 bits per heavy atom. The third kappa shape index (κ3) is 4.30. The van der Waals surface area contributed by atoms with E-state index in [0.29, 0.717) is 34.7 Å². The highest BCUT2D eigenvalue weighted by Crippen LogP contribution is 2.47. The summed E-state index contributed by atoms with van der Waals surface area (Å²) in [6.45, 7) is 6.50. The van der Waals surface area contributed by atoms with Crippen LogP contribution in [-0.4, -0.2) is 42.8 Å². The molecule has 2 unspecified atom stereocenters. The Balaban J connectivity index is 1.61. The number of anilines is 1. The first-order valence-electron chi connectivity index (χ1n) is 10.7. The molecular formula is C24H29N5O4S. The third-order valence-electron chi connectivity index (χ3n) is 5.64. The Kier molecular flexibility index (Phi) is 6.46. The SMILES string of the molecule is COc1cc(N2C(=N)C(c3nc(-c4ccc(C(C)(C)C)cc4)no3)SC2N)cc(OC)c1OC. The normalized spacial score (nSPS) is 18.3. The number of aromatic nitrogens is 2. The van der Waals surface area contributed by atoms with Gasteiger partial charge in [-0.1, -0.05) is 62.0 Å². The van der Waals surface area contributed by atoms with Gasteiger partial charge in [-0.3, -0.25) is 5.41 Å². The minimum absolute atomic E-state index is 0.0585. The first-order valence-corrected chi connectivity index (χ1v) is 11.7. The predicted octanol–water partition coefficient (Wildman–Crippen LogP) is 4.57. The second-order valence-electron chi connectivity index (χ2n) is 8.83. The molecule has 2 aromatic carbocycles. The van der Waals surface area contributed by atoms with Crippen molar-refractivity contribution in [2.45, 2.75) is 36.9 Å². The van der Waals surface area contributed by atoms with E-state index < -0.39 is 10.7 Å². The molecule has 0 amide bonds. The number of nitrogens with zero attached hydrogens (tertiary/aromatic N) is 3. The van der Waals surface area contributed by atoms with Crippen LogP contribution in [0.1, 0.15) is 37.5 Å². The smallest absolute Gasteiger partial charge is 0.247 e. The van der Waals surface area contributed by atoms with Gasteiger partial charge in [0, 0.05) is 17.7 Å². The quantitative estimate of drug-likeness (QED) is 0.519. The summed E-state index contributed by atoms with van der Waals surface area (Å²) in [6.07, 6.45) is 0. The molecule has 1 aliphatic rings. The molecule has 0 radical (unpaired) electrons. The van der Waals surface area contributed by atoms with Gasteiger partial charge in [-0.25, -0.2) is 0 Å². The summed E-state index contributed by atoms with van der Waals surface area (Å²) in [4.78, 5) is 6.25. The fourth-order valence-corrected chi connectivity index (χ4v) is 4.86. The van der Waals surface area contributed by atoms with Crippen LogP contribution in [0.2, 0.25) is 0 Å². The van der Waals surface area contributed by atoms with Gasteiger partial charge in [-0.05, 0) is 11.0 Å². The lowest BCUT2D eigenvalue weighted by molar-refractivity contribution is 0.324. The number of rotatable bonds is 6. The maximum absolute atomic E-state index is 8.82. The molecule has 4 rings (SSSR count). The van der Waals surface area contributed by atoms with E-state index in [-0.39, 0.29) is 11.3 Å². The average Bonchev–Trinajstić information content (AvgIpc) is 3.42. The van der Waals surface area contributed by atoms with Crippen molar-refractivity contribution < 1.29 is 18.7 Å². The Morgan fingerprint density at radius 1 is 1.03 bits per heavy atom. The zero-order valence-corrected chi connectivity index (χ0v) is 20.9. The van der Waals surface area contributed by atoms with E-state index in [1.807, 2.05) is 12.1 Å². The molecule has 0 bridgehead atoms. The Morgan fingerprint density at radius 2 is 1.65 bits per heavy atom. The van der Waals surface area contributed by atoms with E-state index in [9.17, 15) is 0 Å². The molecule has 0 saturated carbocycles. The molecule has 0 aliphatic carbocycles. The van der Waals surface area contributed by atoms with Crippen molar-refractivity contribution in [1.82, 2.24) is 10.1 Å². The fourth-order valence-electron chi connectivity index (χ4n) is 3.77. The number of nitrogens with one attached hydrogen (secondary N) is 1. The summed E-state index contributed by atoms with van der Waals surface area (Å²) < 4.78 is 21.9. The van der Waals surface area contributed by atoms with Gasteiger partial charge in [-0.15, -0.1) is 0 Å². The molecular weight excluding hydrogens is 454 g/mol. The molecule has 2 heterocycles. The first kappa shape index (κ1) is 23.9. The van der Waals surface area contributed by atoms with Crippen molar-refractivity contribution in [1.29, 1.82) is 5.41 Å². The number of thioether (sulfide) groups is 1. The minimum Gasteiger partial charge on any atom is -0.493 e. The van der Waals surface area contributed by atoms with Crippen molar-refractivity contribution >= 4 is 23.3 Å². The van der Waals surface area contributed by atoms with E-state index in [0.717, 1.165) is 5.56 Å². The monoisotopic (exact) mass is 483 g/mol. The van der Waals surface area contributed by atoms with Crippen molar-refractivity contribution in [3.63, 3.8) is 0 Å². The second-order valence-corrected chi connectivity index (χ2v) is 10.1. The topological polar surface area (TPSA) is 120 Å². The highest BCUT2D eigenvalue weighted by molar-refractivity contribution is 8.01. The van der Waals surface area contributed by atoms with Gasteiger partial charge in [-0.2, -0.15) is 4.98 Å². The number of amidine groups is 1. The van der Waals surface area contributed by atoms with Crippen molar-refractivity contribution in [3.05, 3.63) is 47.9 Å². The largest absolute Gasteiger partial charge is 0.493 e. The summed E-state index contributed by atoms with van der Waals surface area (Å²) in [5, 5.41) is 12.5. The molecule has 1 aliphatic heterocycles. The lowest BCUT2D eigenvalue weighted by atomic mass is 9.87. The Hall–Kier alpha value is -3.24. The molecule has 10 heteroatoms. The van der Waals surface area contributed by atoms with E-state index in [4.69, 9.17) is 29.9 Å². The highest BCUT2D eigenvalue weighted by Gasteiger charge is 2.41. The minimum atomic E-state index is -0.540. The van der Waals surface area contributed by atoms with Crippen LogP contribution < -0.4 is 24.8 Å². The second kappa shape index (κ2) is 9.19. The van der Waals surface area contributed by atoms with Crippen LogP contribution in [0, 0.1) is 5.41 Å². The van der Waals surface area contributed by atoms with Gasteiger partial charge in [0.15, 0.2) is 11.5 Å². The zero-order valence-electron chi connectivity index (χ0n) is 20.1. The van der Waals surface area contributed by atoms with Crippen LogP contribution in [0.5, 0.6) is 17.2 Å². The summed E-state index contributed by atoms with van der Waals surface area (Å²) >= 11 is 1.35. The van der Waals surface area contributed by atoms with E-state index in [1.54, 1.807) is 38.4 Å². The Labute approximate surface area is 203 Å². The third-order valence-corrected chi connectivity index (χ3v) is 6.83. The molecule has 1 aromatic heterocycles. The first-order chi connectivity index (χ1) is 16.2. The Bertz CT molecular complexity index is 1160. The maximum Gasteiger partial charge on any atom is 0.247 e. The van der Waals surface area contributed by atoms with Gasteiger partial charge in [0.05, 0.1) is 27.0 Å². The van der Waals surface area contributed by atoms with Crippen LogP contribution in [0.25, 0.3) is 11.4 Å². The molecule has 3 N–H and O–H groups in total. The van der Waals surface area contributed by atoms with Crippen molar-refractivity contribution in [3.8, 4) is 28.6 Å². The molecule has 180 valence electrons. The van der Waals surface area contributed by atoms with Gasteiger partial charge in [0.25, 0.3) is 0 Å². The highest BCUT2D eigenvalue weighted by atomic mass is 32.2. The van der Waals surface area contributed by atoms with E-state index in [2.05, 4.69) is 43.0 Å². The maximum atomic E-state index is 8.82. The fraction of sp³-hybridized carbons (Fsp3) is 0.375. The summed E-state index contributed by atoms with van der Waals surface area (Å²) in [5.74, 6) is 2.45. The molecule has 2 atom stereocenters. The molecule has 0 spiro atoms. The molecule has 1 saturated heterocycles. The standard InChI is InChI=1S/C24H29N5O4S/c1-24(2,3)14-9-7-13(8-10-14)21-27-22(33-28-21)19-20(25)29(23(26)34-19)15-11-16(30-4)18(32-6)17(12-15)31-5/h7-12,19,23,25H,26H2,1-6H3. The summed E-state index contributed by atoms with van der Waals surface area (Å²) in [5.41, 5.74) is 8.63. The molecule has 9 nitrogen and oxygen atoms in total. The number of nitrogens with two attached hydrogens (primary N) is 1. The number of ether oxygens (including phenoxy) is 3. The average molecular weight is 484 g/mol. The lowest BCUT2D eigenvalue weighted by Gasteiger charge is -2.24. The van der Waals surface area contributed by atoms with Crippen molar-refractivity contribution in [2.75, 3.05) is 26.2 Å². The number of methoxy groups -OCH3 is 3. The van der Waals surface area contributed by atoms with Crippen LogP contribution >= 0.6 is 11.8 Å². The van der Waals surface area contributed by atoms with Gasteiger partial charge < -0.3 is 29.4 Å². The lowest BCUT2D eigenvalue weighted by Crippen LogP contribution is -2.38. The predicted molar refractivity (Wildman–Crippen MR) is 133 cm³/mol. The molecule has 34 heavy (non-hydrogen) atoms. The van der Waals surface area contributed by atoms with E-state index >= 15 is 0 Å². The summed E-state index contributed by atoms with van der Waals surface area (Å²) in [6, 6.07) is 11.6. The zero-order chi connectivity index (χ0) is 24.6. The van der Waals surface area contributed by atoms with Crippen molar-refractivity contribution in [2.24, 2.45) is 5.73 Å². The van der Waals surface area contributed by atoms with Crippen LogP contribution in [0.4, 0.5) is 5.69 Å². The van der Waals surface area contributed by atoms with Crippen LogP contribution in [0.15, 0.2) is 40.9 Å². The summed E-state index contributed by atoms with van der Waals surface area (Å²) in [7, 11) is 4.63. The molecule has 1 fully saturated rings. The van der Waals surface area contributed by atoms with Crippen LogP contribution in [0.3, 0.4) is 0 Å².